The zero-order valence-electron chi connectivity index (χ0n) is 9.92. The molecule has 0 aromatic heterocycles. The topological polar surface area (TPSA) is 59.1 Å². The number of hydrogen-bond donors (Lipinski definition) is 2. The van der Waals surface area contributed by atoms with E-state index in [1.54, 1.807) is 0 Å². The van der Waals surface area contributed by atoms with Crippen molar-refractivity contribution in [3.63, 3.8) is 0 Å². The Labute approximate surface area is 103 Å². The molecule has 0 saturated heterocycles. The maximum absolute atomic E-state index is 12.3. The molecule has 1 unspecified atom stereocenters. The van der Waals surface area contributed by atoms with Crippen LogP contribution < -0.4 is 10.5 Å². The van der Waals surface area contributed by atoms with Gasteiger partial charge in [-0.25, -0.2) is 0 Å². The molecule has 0 amide bonds. The number of amidine groups is 1. The molecule has 3 N–H and O–H groups in total. The van der Waals surface area contributed by atoms with E-state index in [2.05, 4.69) is 0 Å². The first-order valence-corrected chi connectivity index (χ1v) is 5.49. The van der Waals surface area contributed by atoms with Gasteiger partial charge in [0.1, 0.15) is 11.9 Å². The van der Waals surface area contributed by atoms with Gasteiger partial charge in [0, 0.05) is 6.42 Å². The Balaban J connectivity index is 2.71. The first-order valence-electron chi connectivity index (χ1n) is 5.49. The van der Waals surface area contributed by atoms with E-state index in [1.165, 1.54) is 12.1 Å². The maximum atomic E-state index is 12.3. The third-order valence-electron chi connectivity index (χ3n) is 2.39. The van der Waals surface area contributed by atoms with Gasteiger partial charge in [-0.3, -0.25) is 5.41 Å². The Hall–Kier alpha value is -1.72. The largest absolute Gasteiger partial charge is 0.490 e. The lowest BCUT2D eigenvalue weighted by molar-refractivity contribution is -0.137. The van der Waals surface area contributed by atoms with Crippen molar-refractivity contribution in [1.82, 2.24) is 0 Å². The van der Waals surface area contributed by atoms with E-state index in [4.69, 9.17) is 15.9 Å². The van der Waals surface area contributed by atoms with Crippen LogP contribution in [0.3, 0.4) is 0 Å². The highest BCUT2D eigenvalue weighted by Crippen LogP contribution is 2.30. The Morgan fingerprint density at radius 3 is 2.28 bits per heavy atom. The lowest BCUT2D eigenvalue weighted by Gasteiger charge is -2.17. The van der Waals surface area contributed by atoms with Gasteiger partial charge in [0.15, 0.2) is 0 Å². The van der Waals surface area contributed by atoms with E-state index < -0.39 is 11.7 Å². The van der Waals surface area contributed by atoms with Gasteiger partial charge in [-0.2, -0.15) is 13.2 Å². The molecule has 0 radical (unpaired) electrons. The molecular weight excluding hydrogens is 245 g/mol. The van der Waals surface area contributed by atoms with Crippen LogP contribution in [0.4, 0.5) is 13.2 Å². The van der Waals surface area contributed by atoms with Gasteiger partial charge in [-0.15, -0.1) is 0 Å². The highest BCUT2D eigenvalue weighted by molar-refractivity contribution is 5.77. The maximum Gasteiger partial charge on any atom is 0.416 e. The normalized spacial score (nSPS) is 13.1. The first-order chi connectivity index (χ1) is 8.32. The van der Waals surface area contributed by atoms with Crippen molar-refractivity contribution >= 4 is 5.84 Å². The van der Waals surface area contributed by atoms with E-state index in [0.717, 1.165) is 12.1 Å². The SMILES string of the molecule is CCC(CC(=N)N)Oc1ccc(C(F)(F)F)cc1. The van der Waals surface area contributed by atoms with E-state index in [0.29, 0.717) is 12.2 Å². The molecule has 1 aromatic rings. The number of benzene rings is 1. The number of rotatable bonds is 5. The molecule has 3 nitrogen and oxygen atoms in total. The number of hydrogen-bond acceptors (Lipinski definition) is 2. The molecule has 1 atom stereocenters. The molecule has 100 valence electrons. The number of ether oxygens (including phenoxy) is 1. The number of nitrogens with one attached hydrogen (secondary N) is 1. The lowest BCUT2D eigenvalue weighted by Crippen LogP contribution is -2.23. The Morgan fingerprint density at radius 2 is 1.89 bits per heavy atom. The van der Waals surface area contributed by atoms with E-state index >= 15 is 0 Å². The van der Waals surface area contributed by atoms with Crippen molar-refractivity contribution in [3.05, 3.63) is 29.8 Å². The van der Waals surface area contributed by atoms with E-state index in [1.807, 2.05) is 6.92 Å². The Kier molecular flexibility index (Phi) is 4.58. The number of nitrogens with two attached hydrogens (primary N) is 1. The molecule has 0 saturated carbocycles. The van der Waals surface area contributed by atoms with Crippen LogP contribution >= 0.6 is 0 Å². The second-order valence-corrected chi connectivity index (χ2v) is 3.90. The fourth-order valence-corrected chi connectivity index (χ4v) is 1.43. The van der Waals surface area contributed by atoms with Crippen LogP contribution in [0.2, 0.25) is 0 Å². The quantitative estimate of drug-likeness (QED) is 0.631. The summed E-state index contributed by atoms with van der Waals surface area (Å²) in [5.74, 6) is 0.338. The van der Waals surface area contributed by atoms with Crippen molar-refractivity contribution in [3.8, 4) is 5.75 Å². The summed E-state index contributed by atoms with van der Waals surface area (Å²) in [6, 6.07) is 4.48. The minimum Gasteiger partial charge on any atom is -0.490 e. The fraction of sp³-hybridized carbons (Fsp3) is 0.417. The van der Waals surface area contributed by atoms with Crippen LogP contribution in [0.15, 0.2) is 24.3 Å². The second kappa shape index (κ2) is 5.75. The van der Waals surface area contributed by atoms with E-state index in [-0.39, 0.29) is 18.4 Å². The van der Waals surface area contributed by atoms with Gasteiger partial charge in [0.05, 0.1) is 11.4 Å². The molecule has 18 heavy (non-hydrogen) atoms. The molecule has 1 aromatic carbocycles. The molecule has 0 spiro atoms. The summed E-state index contributed by atoms with van der Waals surface area (Å²) < 4.78 is 42.5. The third-order valence-corrected chi connectivity index (χ3v) is 2.39. The standard InChI is InChI=1S/C12H15F3N2O/c1-2-9(7-11(16)17)18-10-5-3-8(4-6-10)12(13,14)15/h3-6,9H,2,7H2,1H3,(H3,16,17). The molecule has 0 aliphatic heterocycles. The van der Waals surface area contributed by atoms with Crippen LogP contribution in [0, 0.1) is 5.41 Å². The molecule has 0 aliphatic rings. The van der Waals surface area contributed by atoms with Crippen LogP contribution in [-0.4, -0.2) is 11.9 Å². The molecule has 1 rings (SSSR count). The molecule has 0 fully saturated rings. The molecule has 0 bridgehead atoms. The van der Waals surface area contributed by atoms with Crippen molar-refractivity contribution in [1.29, 1.82) is 5.41 Å². The molecule has 6 heteroatoms. The van der Waals surface area contributed by atoms with Gasteiger partial charge in [-0.1, -0.05) is 6.92 Å². The predicted octanol–water partition coefficient (Wildman–Crippen LogP) is 3.19. The summed E-state index contributed by atoms with van der Waals surface area (Å²) >= 11 is 0. The summed E-state index contributed by atoms with van der Waals surface area (Å²) in [6.07, 6.45) is -3.75. The zero-order chi connectivity index (χ0) is 13.8. The molecule has 0 heterocycles. The van der Waals surface area contributed by atoms with Gasteiger partial charge >= 0.3 is 6.18 Å². The van der Waals surface area contributed by atoms with E-state index in [9.17, 15) is 13.2 Å². The Bertz CT molecular complexity index is 401. The number of alkyl halides is 3. The average Bonchev–Trinajstić information content (AvgIpc) is 2.27. The van der Waals surface area contributed by atoms with Gasteiger partial charge in [-0.05, 0) is 30.7 Å². The van der Waals surface area contributed by atoms with Crippen LogP contribution in [0.1, 0.15) is 25.3 Å². The highest BCUT2D eigenvalue weighted by Gasteiger charge is 2.30. The predicted molar refractivity (Wildman–Crippen MR) is 62.7 cm³/mol. The van der Waals surface area contributed by atoms with Crippen molar-refractivity contribution in [2.75, 3.05) is 0 Å². The summed E-state index contributed by atoms with van der Waals surface area (Å²) in [7, 11) is 0. The molecule has 0 aliphatic carbocycles. The molecular formula is C12H15F3N2O. The first kappa shape index (κ1) is 14.3. The van der Waals surface area contributed by atoms with Crippen LogP contribution in [-0.2, 0) is 6.18 Å². The number of halogens is 3. The van der Waals surface area contributed by atoms with Crippen molar-refractivity contribution in [2.45, 2.75) is 32.0 Å². The van der Waals surface area contributed by atoms with Crippen molar-refractivity contribution in [2.24, 2.45) is 5.73 Å². The zero-order valence-corrected chi connectivity index (χ0v) is 9.92. The lowest BCUT2D eigenvalue weighted by atomic mass is 10.2. The van der Waals surface area contributed by atoms with Crippen LogP contribution in [0.25, 0.3) is 0 Å². The summed E-state index contributed by atoms with van der Waals surface area (Å²) in [5.41, 5.74) is 4.54. The van der Waals surface area contributed by atoms with Crippen LogP contribution in [0.5, 0.6) is 5.75 Å². The van der Waals surface area contributed by atoms with Crippen molar-refractivity contribution < 1.29 is 17.9 Å². The second-order valence-electron chi connectivity index (χ2n) is 3.90. The summed E-state index contributed by atoms with van der Waals surface area (Å²) in [4.78, 5) is 0. The minimum absolute atomic E-state index is 0.00578. The average molecular weight is 260 g/mol. The highest BCUT2D eigenvalue weighted by atomic mass is 19.4. The third kappa shape index (κ3) is 4.27. The van der Waals surface area contributed by atoms with Gasteiger partial charge in [0.25, 0.3) is 0 Å². The minimum atomic E-state index is -4.35. The summed E-state index contributed by atoms with van der Waals surface area (Å²) in [5, 5.41) is 7.16. The fourth-order valence-electron chi connectivity index (χ4n) is 1.43. The monoisotopic (exact) mass is 260 g/mol. The summed E-state index contributed by atoms with van der Waals surface area (Å²) in [6.45, 7) is 1.86. The van der Waals surface area contributed by atoms with Gasteiger partial charge < -0.3 is 10.5 Å². The smallest absolute Gasteiger partial charge is 0.416 e. The Morgan fingerprint density at radius 1 is 1.33 bits per heavy atom. The van der Waals surface area contributed by atoms with Gasteiger partial charge in [0.2, 0.25) is 0 Å².